The van der Waals surface area contributed by atoms with E-state index < -0.39 is 0 Å². The van der Waals surface area contributed by atoms with Gasteiger partial charge in [0.05, 0.1) is 0 Å². The maximum Gasteiger partial charge on any atom is 0.123 e. The van der Waals surface area contributed by atoms with E-state index in [2.05, 4.69) is 18.7 Å². The molecule has 18 heavy (non-hydrogen) atoms. The van der Waals surface area contributed by atoms with Gasteiger partial charge in [-0.3, -0.25) is 4.90 Å². The summed E-state index contributed by atoms with van der Waals surface area (Å²) in [7, 11) is 0. The zero-order chi connectivity index (χ0) is 13.1. The number of benzene rings is 1. The smallest absolute Gasteiger partial charge is 0.123 e. The summed E-state index contributed by atoms with van der Waals surface area (Å²) < 4.78 is 13.0. The van der Waals surface area contributed by atoms with Crippen molar-refractivity contribution in [3.05, 3.63) is 35.6 Å². The molecule has 1 fully saturated rings. The first-order chi connectivity index (χ1) is 8.63. The molecule has 3 atom stereocenters. The van der Waals surface area contributed by atoms with E-state index in [1.165, 1.54) is 25.0 Å². The number of nitrogens with zero attached hydrogens (tertiary/aromatic N) is 1. The highest BCUT2D eigenvalue weighted by Gasteiger charge is 2.30. The lowest BCUT2D eigenvalue weighted by atomic mass is 9.89. The molecule has 3 heteroatoms. The topological polar surface area (TPSA) is 29.3 Å². The van der Waals surface area contributed by atoms with E-state index >= 15 is 0 Å². The fourth-order valence-electron chi connectivity index (χ4n) is 2.96. The standard InChI is InChI=1S/C15H23FN2/c1-11-4-3-9-18(12(11)2)15(10-17)13-5-7-14(16)8-6-13/h5-8,11-12,15H,3-4,9-10,17H2,1-2H3. The van der Waals surface area contributed by atoms with Crippen molar-refractivity contribution in [3.63, 3.8) is 0 Å². The second-order valence-corrected chi connectivity index (χ2v) is 5.40. The summed E-state index contributed by atoms with van der Waals surface area (Å²) in [6.45, 7) is 6.25. The molecule has 0 amide bonds. The third-order valence-corrected chi connectivity index (χ3v) is 4.30. The third-order valence-electron chi connectivity index (χ3n) is 4.30. The van der Waals surface area contributed by atoms with Gasteiger partial charge in [0.15, 0.2) is 0 Å². The Bertz CT molecular complexity index is 377. The van der Waals surface area contributed by atoms with E-state index in [-0.39, 0.29) is 11.9 Å². The second-order valence-electron chi connectivity index (χ2n) is 5.40. The highest BCUT2D eigenvalue weighted by Crippen LogP contribution is 2.30. The predicted molar refractivity (Wildman–Crippen MR) is 72.8 cm³/mol. The number of likely N-dealkylation sites (tertiary alicyclic amines) is 1. The molecule has 100 valence electrons. The quantitative estimate of drug-likeness (QED) is 0.893. The van der Waals surface area contributed by atoms with Crippen molar-refractivity contribution in [1.29, 1.82) is 0 Å². The average Bonchev–Trinajstić information content (AvgIpc) is 2.37. The molecule has 3 unspecified atom stereocenters. The molecule has 2 nitrogen and oxygen atoms in total. The van der Waals surface area contributed by atoms with Crippen LogP contribution in [0.5, 0.6) is 0 Å². The van der Waals surface area contributed by atoms with Crippen molar-refractivity contribution >= 4 is 0 Å². The summed E-state index contributed by atoms with van der Waals surface area (Å²) in [6, 6.07) is 7.52. The van der Waals surface area contributed by atoms with Crippen LogP contribution in [0.4, 0.5) is 4.39 Å². The van der Waals surface area contributed by atoms with Crippen LogP contribution in [0.2, 0.25) is 0 Å². The summed E-state index contributed by atoms with van der Waals surface area (Å²) in [5.74, 6) is 0.517. The highest BCUT2D eigenvalue weighted by atomic mass is 19.1. The number of hydrogen-bond donors (Lipinski definition) is 1. The Balaban J connectivity index is 2.19. The number of piperidine rings is 1. The number of nitrogens with two attached hydrogens (primary N) is 1. The van der Waals surface area contributed by atoms with Gasteiger partial charge in [0.25, 0.3) is 0 Å². The van der Waals surface area contributed by atoms with E-state index in [1.54, 1.807) is 0 Å². The molecule has 0 bridgehead atoms. The fraction of sp³-hybridized carbons (Fsp3) is 0.600. The van der Waals surface area contributed by atoms with Gasteiger partial charge in [-0.1, -0.05) is 19.1 Å². The summed E-state index contributed by atoms with van der Waals surface area (Å²) in [5, 5.41) is 0. The molecular weight excluding hydrogens is 227 g/mol. The van der Waals surface area contributed by atoms with E-state index in [0.29, 0.717) is 18.5 Å². The largest absolute Gasteiger partial charge is 0.329 e. The van der Waals surface area contributed by atoms with E-state index in [4.69, 9.17) is 5.73 Å². The van der Waals surface area contributed by atoms with Crippen LogP contribution in [0, 0.1) is 11.7 Å². The van der Waals surface area contributed by atoms with Crippen LogP contribution in [0.15, 0.2) is 24.3 Å². The van der Waals surface area contributed by atoms with Crippen LogP contribution in [0.1, 0.15) is 38.3 Å². The molecule has 1 aromatic carbocycles. The van der Waals surface area contributed by atoms with Crippen molar-refractivity contribution in [3.8, 4) is 0 Å². The first-order valence-corrected chi connectivity index (χ1v) is 6.84. The van der Waals surface area contributed by atoms with Crippen LogP contribution in [-0.2, 0) is 0 Å². The Morgan fingerprint density at radius 2 is 2.00 bits per heavy atom. The number of halogens is 1. The summed E-state index contributed by atoms with van der Waals surface area (Å²) in [6.07, 6.45) is 2.52. The molecule has 0 aliphatic carbocycles. The molecule has 1 saturated heterocycles. The minimum Gasteiger partial charge on any atom is -0.329 e. The number of rotatable bonds is 3. The van der Waals surface area contributed by atoms with Gasteiger partial charge in [0.2, 0.25) is 0 Å². The zero-order valence-electron chi connectivity index (χ0n) is 11.3. The van der Waals surface area contributed by atoms with E-state index in [9.17, 15) is 4.39 Å². The van der Waals surface area contributed by atoms with Crippen LogP contribution < -0.4 is 5.73 Å². The third kappa shape index (κ3) is 2.73. The van der Waals surface area contributed by atoms with Gasteiger partial charge in [-0.2, -0.15) is 0 Å². The van der Waals surface area contributed by atoms with Crippen LogP contribution in [-0.4, -0.2) is 24.0 Å². The maximum absolute atomic E-state index is 13.0. The molecule has 2 N–H and O–H groups in total. The van der Waals surface area contributed by atoms with Crippen LogP contribution in [0.25, 0.3) is 0 Å². The lowest BCUT2D eigenvalue weighted by Gasteiger charge is -2.42. The van der Waals surface area contributed by atoms with Gasteiger partial charge in [0.1, 0.15) is 5.82 Å². The first kappa shape index (κ1) is 13.5. The Morgan fingerprint density at radius 1 is 1.33 bits per heavy atom. The Hall–Kier alpha value is -0.930. The van der Waals surface area contributed by atoms with Crippen molar-refractivity contribution < 1.29 is 4.39 Å². The Labute approximate surface area is 109 Å². The lowest BCUT2D eigenvalue weighted by Crippen LogP contribution is -2.46. The molecule has 0 saturated carbocycles. The first-order valence-electron chi connectivity index (χ1n) is 6.84. The monoisotopic (exact) mass is 250 g/mol. The van der Waals surface area contributed by atoms with Crippen molar-refractivity contribution in [1.82, 2.24) is 4.90 Å². The Morgan fingerprint density at radius 3 is 2.61 bits per heavy atom. The van der Waals surface area contributed by atoms with E-state index in [0.717, 1.165) is 12.1 Å². The minimum absolute atomic E-state index is 0.186. The van der Waals surface area contributed by atoms with Crippen LogP contribution >= 0.6 is 0 Å². The fourth-order valence-corrected chi connectivity index (χ4v) is 2.96. The van der Waals surface area contributed by atoms with Crippen molar-refractivity contribution in [2.75, 3.05) is 13.1 Å². The maximum atomic E-state index is 13.0. The van der Waals surface area contributed by atoms with E-state index in [1.807, 2.05) is 12.1 Å². The van der Waals surface area contributed by atoms with Gasteiger partial charge < -0.3 is 5.73 Å². The molecule has 2 rings (SSSR count). The molecule has 1 aromatic rings. The van der Waals surface area contributed by atoms with Gasteiger partial charge in [-0.05, 0) is 49.9 Å². The molecule has 1 aliphatic heterocycles. The summed E-state index contributed by atoms with van der Waals surface area (Å²) in [4.78, 5) is 2.47. The van der Waals surface area contributed by atoms with Gasteiger partial charge in [-0.25, -0.2) is 4.39 Å². The highest BCUT2D eigenvalue weighted by molar-refractivity contribution is 5.21. The van der Waals surface area contributed by atoms with Crippen molar-refractivity contribution in [2.24, 2.45) is 11.7 Å². The molecule has 1 aliphatic rings. The normalized spacial score (nSPS) is 27.1. The van der Waals surface area contributed by atoms with Gasteiger partial charge >= 0.3 is 0 Å². The lowest BCUT2D eigenvalue weighted by molar-refractivity contribution is 0.0709. The van der Waals surface area contributed by atoms with Gasteiger partial charge in [0, 0.05) is 18.6 Å². The SMILES string of the molecule is CC1CCCN(C(CN)c2ccc(F)cc2)C1C. The summed E-state index contributed by atoms with van der Waals surface area (Å²) >= 11 is 0. The second kappa shape index (κ2) is 5.81. The number of hydrogen-bond acceptors (Lipinski definition) is 2. The molecule has 0 aromatic heterocycles. The molecular formula is C15H23FN2. The predicted octanol–water partition coefficient (Wildman–Crippen LogP) is 2.95. The molecule has 0 radical (unpaired) electrons. The Kier molecular flexibility index (Phi) is 4.36. The zero-order valence-corrected chi connectivity index (χ0v) is 11.3. The minimum atomic E-state index is -0.186. The van der Waals surface area contributed by atoms with Crippen LogP contribution in [0.3, 0.4) is 0 Å². The molecule has 1 heterocycles. The summed E-state index contributed by atoms with van der Waals surface area (Å²) in [5.41, 5.74) is 7.07. The molecule has 0 spiro atoms. The van der Waals surface area contributed by atoms with Crippen molar-refractivity contribution in [2.45, 2.75) is 38.8 Å². The average molecular weight is 250 g/mol. The van der Waals surface area contributed by atoms with Gasteiger partial charge in [-0.15, -0.1) is 0 Å².